The molecule has 2 heterocycles. The third kappa shape index (κ3) is 2.58. The van der Waals surface area contributed by atoms with Gasteiger partial charge in [0.1, 0.15) is 5.82 Å². The minimum absolute atomic E-state index is 0.110. The van der Waals surface area contributed by atoms with Crippen molar-refractivity contribution in [3.63, 3.8) is 0 Å². The molecule has 0 spiro atoms. The van der Waals surface area contributed by atoms with E-state index in [1.54, 1.807) is 0 Å². The summed E-state index contributed by atoms with van der Waals surface area (Å²) >= 11 is 0. The van der Waals surface area contributed by atoms with Gasteiger partial charge in [-0.2, -0.15) is 0 Å². The number of rotatable bonds is 3. The molecule has 2 aliphatic rings. The molecule has 108 valence electrons. The van der Waals surface area contributed by atoms with Gasteiger partial charge in [0.05, 0.1) is 11.4 Å². The molecule has 1 aromatic carbocycles. The predicted molar refractivity (Wildman–Crippen MR) is 83.2 cm³/mol. The first-order chi connectivity index (χ1) is 10.3. The van der Waals surface area contributed by atoms with Crippen LogP contribution < -0.4 is 10.2 Å². The van der Waals surface area contributed by atoms with E-state index in [9.17, 15) is 4.79 Å². The van der Waals surface area contributed by atoms with Crippen molar-refractivity contribution in [3.05, 3.63) is 36.4 Å². The molecule has 1 amide bonds. The molecule has 1 atom stereocenters. The number of hydrogen-bond donors (Lipinski definition) is 1. The van der Waals surface area contributed by atoms with Gasteiger partial charge in [0.15, 0.2) is 0 Å². The number of hydrogen-bond acceptors (Lipinski definition) is 3. The van der Waals surface area contributed by atoms with Crippen LogP contribution in [0.1, 0.15) is 19.3 Å². The maximum atomic E-state index is 12.1. The summed E-state index contributed by atoms with van der Waals surface area (Å²) in [6.45, 7) is 1.69. The van der Waals surface area contributed by atoms with Crippen molar-refractivity contribution in [2.24, 2.45) is 5.92 Å². The third-order valence-corrected chi connectivity index (χ3v) is 4.39. The Morgan fingerprint density at radius 2 is 2.00 bits per heavy atom. The first-order valence-corrected chi connectivity index (χ1v) is 7.71. The molecule has 1 N–H and O–H groups in total. The zero-order valence-electron chi connectivity index (χ0n) is 12.0. The zero-order chi connectivity index (χ0) is 14.2. The Morgan fingerprint density at radius 3 is 2.86 bits per heavy atom. The lowest BCUT2D eigenvalue weighted by molar-refractivity contribution is -0.124. The van der Waals surface area contributed by atoms with Crippen molar-refractivity contribution in [3.8, 4) is 0 Å². The molecule has 4 heteroatoms. The van der Waals surface area contributed by atoms with E-state index in [2.05, 4.69) is 28.4 Å². The van der Waals surface area contributed by atoms with Crippen molar-refractivity contribution in [1.29, 1.82) is 0 Å². The highest BCUT2D eigenvalue weighted by Gasteiger charge is 2.32. The first-order valence-electron chi connectivity index (χ1n) is 7.71. The summed E-state index contributed by atoms with van der Waals surface area (Å²) in [4.78, 5) is 19.1. The highest BCUT2D eigenvalue weighted by atomic mass is 16.2. The van der Waals surface area contributed by atoms with E-state index >= 15 is 0 Å². The van der Waals surface area contributed by atoms with Gasteiger partial charge in [-0.25, -0.2) is 4.98 Å². The van der Waals surface area contributed by atoms with E-state index in [0.717, 1.165) is 49.1 Å². The molecule has 2 aromatic rings. The van der Waals surface area contributed by atoms with Gasteiger partial charge in [0.25, 0.3) is 0 Å². The van der Waals surface area contributed by atoms with Crippen LogP contribution in [0.4, 0.5) is 5.82 Å². The zero-order valence-corrected chi connectivity index (χ0v) is 12.0. The number of aromatic nitrogens is 1. The number of carbonyl (C=O) groups excluding carboxylic acids is 1. The van der Waals surface area contributed by atoms with Crippen molar-refractivity contribution in [2.75, 3.05) is 18.0 Å². The van der Waals surface area contributed by atoms with Gasteiger partial charge in [-0.1, -0.05) is 18.2 Å². The maximum Gasteiger partial charge on any atom is 0.225 e. The molecule has 0 bridgehead atoms. The molecule has 21 heavy (non-hydrogen) atoms. The molecular weight excluding hydrogens is 262 g/mol. The van der Waals surface area contributed by atoms with Crippen LogP contribution in [-0.2, 0) is 4.79 Å². The van der Waals surface area contributed by atoms with Crippen molar-refractivity contribution >= 4 is 22.6 Å². The smallest absolute Gasteiger partial charge is 0.225 e. The van der Waals surface area contributed by atoms with Crippen LogP contribution in [-0.4, -0.2) is 30.0 Å². The van der Waals surface area contributed by atoms with Gasteiger partial charge in [0.2, 0.25) is 5.91 Å². The van der Waals surface area contributed by atoms with E-state index in [-0.39, 0.29) is 11.8 Å². The van der Waals surface area contributed by atoms with Crippen LogP contribution in [0.3, 0.4) is 0 Å². The lowest BCUT2D eigenvalue weighted by atomic mass is 10.1. The monoisotopic (exact) mass is 281 g/mol. The Morgan fingerprint density at radius 1 is 1.14 bits per heavy atom. The number of nitrogens with one attached hydrogen (secondary N) is 1. The fourth-order valence-corrected chi connectivity index (χ4v) is 2.96. The molecule has 1 aliphatic carbocycles. The number of pyridine rings is 1. The average molecular weight is 281 g/mol. The van der Waals surface area contributed by atoms with Crippen LogP contribution in [0.5, 0.6) is 0 Å². The first kappa shape index (κ1) is 12.6. The number of benzene rings is 1. The summed E-state index contributed by atoms with van der Waals surface area (Å²) in [5.41, 5.74) is 1.01. The maximum absolute atomic E-state index is 12.1. The number of para-hydroxylation sites is 1. The predicted octanol–water partition coefficient (Wildman–Crippen LogP) is 2.34. The number of fused-ring (bicyclic) bond motifs is 1. The number of anilines is 1. The number of nitrogens with zero attached hydrogens (tertiary/aromatic N) is 2. The minimum atomic E-state index is 0.110. The molecule has 4 nitrogen and oxygen atoms in total. The highest BCUT2D eigenvalue weighted by molar-refractivity contribution is 5.82. The van der Waals surface area contributed by atoms with Gasteiger partial charge < -0.3 is 10.2 Å². The lowest BCUT2D eigenvalue weighted by Crippen LogP contribution is -2.34. The number of amides is 1. The van der Waals surface area contributed by atoms with Gasteiger partial charge in [0, 0.05) is 24.5 Å². The summed E-state index contributed by atoms with van der Waals surface area (Å²) in [6.07, 6.45) is 3.22. The Labute approximate surface area is 124 Å². The molecule has 4 rings (SSSR count). The average Bonchev–Trinajstić information content (AvgIpc) is 3.18. The molecule has 0 radical (unpaired) electrons. The van der Waals surface area contributed by atoms with Crippen LogP contribution in [0.15, 0.2) is 36.4 Å². The van der Waals surface area contributed by atoms with E-state index in [1.165, 1.54) is 0 Å². The summed E-state index contributed by atoms with van der Waals surface area (Å²) in [7, 11) is 0. The van der Waals surface area contributed by atoms with Crippen molar-refractivity contribution in [1.82, 2.24) is 10.3 Å². The molecule has 1 saturated heterocycles. The van der Waals surface area contributed by atoms with Gasteiger partial charge in [-0.15, -0.1) is 0 Å². The summed E-state index contributed by atoms with van der Waals surface area (Å²) in [6, 6.07) is 12.8. The number of carbonyl (C=O) groups is 1. The largest absolute Gasteiger partial charge is 0.356 e. The SMILES string of the molecule is O=C(NC1CC1)C1CCN(c2ccc3ccccc3n2)C1. The molecule has 1 saturated carbocycles. The fraction of sp³-hybridized carbons (Fsp3) is 0.412. The second-order valence-corrected chi connectivity index (χ2v) is 6.08. The quantitative estimate of drug-likeness (QED) is 0.939. The fourth-order valence-electron chi connectivity index (χ4n) is 2.96. The summed E-state index contributed by atoms with van der Waals surface area (Å²) in [5.74, 6) is 1.31. The molecule has 1 unspecified atom stereocenters. The third-order valence-electron chi connectivity index (χ3n) is 4.39. The second-order valence-electron chi connectivity index (χ2n) is 6.08. The van der Waals surface area contributed by atoms with Crippen molar-refractivity contribution in [2.45, 2.75) is 25.3 Å². The van der Waals surface area contributed by atoms with Gasteiger partial charge >= 0.3 is 0 Å². The molecular formula is C17H19N3O. The Hall–Kier alpha value is -2.10. The van der Waals surface area contributed by atoms with Crippen LogP contribution in [0.2, 0.25) is 0 Å². The second kappa shape index (κ2) is 5.02. The van der Waals surface area contributed by atoms with E-state index in [1.807, 2.05) is 18.2 Å². The van der Waals surface area contributed by atoms with Crippen LogP contribution >= 0.6 is 0 Å². The topological polar surface area (TPSA) is 45.2 Å². The minimum Gasteiger partial charge on any atom is -0.356 e. The Bertz CT molecular complexity index is 681. The molecule has 1 aromatic heterocycles. The van der Waals surface area contributed by atoms with Crippen molar-refractivity contribution < 1.29 is 4.79 Å². The molecule has 2 fully saturated rings. The summed E-state index contributed by atoms with van der Waals surface area (Å²) < 4.78 is 0. The normalized spacial score (nSPS) is 21.7. The van der Waals surface area contributed by atoms with E-state index in [0.29, 0.717) is 6.04 Å². The van der Waals surface area contributed by atoms with Gasteiger partial charge in [-0.3, -0.25) is 4.79 Å². The Balaban J connectivity index is 1.49. The highest BCUT2D eigenvalue weighted by Crippen LogP contribution is 2.26. The molecule has 1 aliphatic heterocycles. The standard InChI is InChI=1S/C17H19N3O/c21-17(18-14-6-7-14)13-9-10-20(11-13)16-8-5-12-3-1-2-4-15(12)19-16/h1-5,8,13-14H,6-7,9-11H2,(H,18,21). The van der Waals surface area contributed by atoms with Gasteiger partial charge in [-0.05, 0) is 37.5 Å². The summed E-state index contributed by atoms with van der Waals surface area (Å²) in [5, 5.41) is 4.27. The van der Waals surface area contributed by atoms with Crippen LogP contribution in [0, 0.1) is 5.92 Å². The van der Waals surface area contributed by atoms with E-state index in [4.69, 9.17) is 4.98 Å². The van der Waals surface area contributed by atoms with Crippen LogP contribution in [0.25, 0.3) is 10.9 Å². The van der Waals surface area contributed by atoms with E-state index < -0.39 is 0 Å². The lowest BCUT2D eigenvalue weighted by Gasteiger charge is -2.18. The Kier molecular flexibility index (Phi) is 3.02.